The fourth-order valence-electron chi connectivity index (χ4n) is 1.75. The maximum absolute atomic E-state index is 11.6. The number of nitrogens with zero attached hydrogens (tertiary/aromatic N) is 1. The number of nitro groups is 1. The molecule has 20 heavy (non-hydrogen) atoms. The van der Waals surface area contributed by atoms with Crippen molar-refractivity contribution in [1.82, 2.24) is 5.32 Å². The van der Waals surface area contributed by atoms with Crippen LogP contribution >= 0.6 is 15.9 Å². The molecule has 0 fully saturated rings. The summed E-state index contributed by atoms with van der Waals surface area (Å²) in [5.74, 6) is -0.278. The number of benzene rings is 1. The summed E-state index contributed by atoms with van der Waals surface area (Å²) in [5, 5.41) is 13.9. The molecule has 0 radical (unpaired) electrons. The lowest BCUT2D eigenvalue weighted by atomic mass is 10.0. The van der Waals surface area contributed by atoms with Gasteiger partial charge in [0.25, 0.3) is 5.69 Å². The second kappa shape index (κ2) is 7.35. The van der Waals surface area contributed by atoms with Crippen molar-refractivity contribution in [1.29, 1.82) is 0 Å². The van der Waals surface area contributed by atoms with Gasteiger partial charge in [-0.05, 0) is 33.5 Å². The van der Waals surface area contributed by atoms with E-state index in [1.54, 1.807) is 12.1 Å². The summed E-state index contributed by atoms with van der Waals surface area (Å²) in [6, 6.07) is 4.42. The van der Waals surface area contributed by atoms with Crippen LogP contribution in [0.4, 0.5) is 5.69 Å². The monoisotopic (exact) mass is 344 g/mol. The number of hydrogen-bond donors (Lipinski definition) is 1. The lowest BCUT2D eigenvalue weighted by Crippen LogP contribution is -2.41. The van der Waals surface area contributed by atoms with Gasteiger partial charge in [0, 0.05) is 12.6 Å². The summed E-state index contributed by atoms with van der Waals surface area (Å²) in [7, 11) is 1.34. The van der Waals surface area contributed by atoms with E-state index in [1.807, 2.05) is 13.8 Å². The molecule has 110 valence electrons. The van der Waals surface area contributed by atoms with E-state index in [2.05, 4.69) is 21.2 Å². The second-order valence-electron chi connectivity index (χ2n) is 4.67. The molecule has 1 N–H and O–H groups in total. The number of carbonyl (C=O) groups excluding carboxylic acids is 1. The third-order valence-corrected chi connectivity index (χ3v) is 3.53. The minimum absolute atomic E-state index is 0.00321. The molecule has 0 aliphatic rings. The van der Waals surface area contributed by atoms with Gasteiger partial charge in [0.05, 0.1) is 16.5 Å². The predicted octanol–water partition coefficient (Wildman–Crippen LogP) is 2.64. The summed E-state index contributed by atoms with van der Waals surface area (Å²) < 4.78 is 5.16. The SMILES string of the molecule is COC(=O)[C@@H](NCc1ccc(Br)c([N+](=O)[O-])c1)C(C)C. The van der Waals surface area contributed by atoms with Crippen LogP contribution in [0.2, 0.25) is 0 Å². The van der Waals surface area contributed by atoms with Crippen molar-refractivity contribution in [2.45, 2.75) is 26.4 Å². The number of halogens is 1. The highest BCUT2D eigenvalue weighted by Gasteiger charge is 2.22. The Bertz CT molecular complexity index is 505. The van der Waals surface area contributed by atoms with Crippen LogP contribution in [0.25, 0.3) is 0 Å². The third-order valence-electron chi connectivity index (χ3n) is 2.86. The molecule has 1 aromatic carbocycles. The topological polar surface area (TPSA) is 81.5 Å². The average Bonchev–Trinajstić information content (AvgIpc) is 2.39. The minimum atomic E-state index is -0.451. The van der Waals surface area contributed by atoms with E-state index in [0.717, 1.165) is 5.56 Å². The predicted molar refractivity (Wildman–Crippen MR) is 78.3 cm³/mol. The molecule has 1 aromatic rings. The molecular formula is C13H17BrN2O4. The fourth-order valence-corrected chi connectivity index (χ4v) is 2.15. The van der Waals surface area contributed by atoms with E-state index in [4.69, 9.17) is 4.74 Å². The van der Waals surface area contributed by atoms with Gasteiger partial charge in [0.15, 0.2) is 0 Å². The normalized spacial score (nSPS) is 12.2. The zero-order chi connectivity index (χ0) is 15.3. The number of ether oxygens (including phenoxy) is 1. The first-order chi connectivity index (χ1) is 9.36. The van der Waals surface area contributed by atoms with Gasteiger partial charge in [-0.1, -0.05) is 19.9 Å². The minimum Gasteiger partial charge on any atom is -0.468 e. The smallest absolute Gasteiger partial charge is 0.323 e. The molecule has 0 spiro atoms. The number of nitrogens with one attached hydrogen (secondary N) is 1. The first kappa shape index (κ1) is 16.6. The first-order valence-corrected chi connectivity index (χ1v) is 6.90. The first-order valence-electron chi connectivity index (χ1n) is 6.10. The molecule has 0 aliphatic carbocycles. The quantitative estimate of drug-likeness (QED) is 0.487. The van der Waals surface area contributed by atoms with Gasteiger partial charge < -0.3 is 10.1 Å². The molecule has 1 atom stereocenters. The van der Waals surface area contributed by atoms with E-state index in [1.165, 1.54) is 13.2 Å². The molecule has 0 heterocycles. The highest BCUT2D eigenvalue weighted by molar-refractivity contribution is 9.10. The van der Waals surface area contributed by atoms with E-state index in [0.29, 0.717) is 11.0 Å². The van der Waals surface area contributed by atoms with Crippen molar-refractivity contribution < 1.29 is 14.5 Å². The zero-order valence-corrected chi connectivity index (χ0v) is 13.1. The van der Waals surface area contributed by atoms with Gasteiger partial charge in [-0.15, -0.1) is 0 Å². The highest BCUT2D eigenvalue weighted by atomic mass is 79.9. The summed E-state index contributed by atoms with van der Waals surface area (Å²) in [5.41, 5.74) is 0.734. The molecule has 0 unspecified atom stereocenters. The Morgan fingerprint density at radius 1 is 1.50 bits per heavy atom. The van der Waals surface area contributed by atoms with Crippen LogP contribution in [0.1, 0.15) is 19.4 Å². The average molecular weight is 345 g/mol. The summed E-state index contributed by atoms with van der Waals surface area (Å²) in [6.07, 6.45) is 0. The number of nitro benzene ring substituents is 1. The second-order valence-corrected chi connectivity index (χ2v) is 5.52. The Morgan fingerprint density at radius 3 is 2.65 bits per heavy atom. The Hall–Kier alpha value is -1.47. The van der Waals surface area contributed by atoms with Crippen molar-refractivity contribution in [3.05, 3.63) is 38.3 Å². The molecule has 6 nitrogen and oxygen atoms in total. The number of hydrogen-bond acceptors (Lipinski definition) is 5. The van der Waals surface area contributed by atoms with Gasteiger partial charge in [-0.25, -0.2) is 0 Å². The molecule has 0 bridgehead atoms. The number of rotatable bonds is 6. The van der Waals surface area contributed by atoms with Crippen LogP contribution in [-0.2, 0) is 16.1 Å². The fraction of sp³-hybridized carbons (Fsp3) is 0.462. The number of esters is 1. The molecule has 0 saturated heterocycles. The van der Waals surface area contributed by atoms with Gasteiger partial charge in [0.2, 0.25) is 0 Å². The molecule has 0 saturated carbocycles. The maximum atomic E-state index is 11.6. The Kier molecular flexibility index (Phi) is 6.09. The number of methoxy groups -OCH3 is 1. The standard InChI is InChI=1S/C13H17BrN2O4/c1-8(2)12(13(17)20-3)15-7-9-4-5-10(14)11(6-9)16(18)19/h4-6,8,12,15H,7H2,1-3H3/t12-/m0/s1. The van der Waals surface area contributed by atoms with Crippen LogP contribution < -0.4 is 5.32 Å². The van der Waals surface area contributed by atoms with Crippen LogP contribution in [0, 0.1) is 16.0 Å². The largest absolute Gasteiger partial charge is 0.468 e. The summed E-state index contributed by atoms with van der Waals surface area (Å²) in [4.78, 5) is 22.0. The van der Waals surface area contributed by atoms with Crippen molar-refractivity contribution in [3.63, 3.8) is 0 Å². The van der Waals surface area contributed by atoms with Crippen molar-refractivity contribution in [2.24, 2.45) is 5.92 Å². The molecule has 1 rings (SSSR count). The summed E-state index contributed by atoms with van der Waals surface area (Å²) >= 11 is 3.13. The third kappa shape index (κ3) is 4.28. The van der Waals surface area contributed by atoms with Crippen molar-refractivity contribution >= 4 is 27.6 Å². The molecule has 0 aliphatic heterocycles. The molecule has 0 amide bonds. The van der Waals surface area contributed by atoms with Gasteiger partial charge >= 0.3 is 5.97 Å². The molecule has 7 heteroatoms. The van der Waals surface area contributed by atoms with Gasteiger partial charge in [0.1, 0.15) is 6.04 Å². The molecule has 0 aromatic heterocycles. The van der Waals surface area contributed by atoms with E-state index >= 15 is 0 Å². The zero-order valence-electron chi connectivity index (χ0n) is 11.6. The van der Waals surface area contributed by atoms with Crippen LogP contribution in [-0.4, -0.2) is 24.0 Å². The van der Waals surface area contributed by atoms with E-state index in [9.17, 15) is 14.9 Å². The highest BCUT2D eigenvalue weighted by Crippen LogP contribution is 2.25. The maximum Gasteiger partial charge on any atom is 0.323 e. The van der Waals surface area contributed by atoms with E-state index in [-0.39, 0.29) is 17.6 Å². The van der Waals surface area contributed by atoms with Crippen molar-refractivity contribution in [3.8, 4) is 0 Å². The number of carbonyl (C=O) groups is 1. The van der Waals surface area contributed by atoms with Gasteiger partial charge in [-0.3, -0.25) is 14.9 Å². The Balaban J connectivity index is 2.81. The Morgan fingerprint density at radius 2 is 2.15 bits per heavy atom. The van der Waals surface area contributed by atoms with Crippen LogP contribution in [0.3, 0.4) is 0 Å². The summed E-state index contributed by atoms with van der Waals surface area (Å²) in [6.45, 7) is 4.16. The van der Waals surface area contributed by atoms with Crippen LogP contribution in [0.15, 0.2) is 22.7 Å². The lowest BCUT2D eigenvalue weighted by molar-refractivity contribution is -0.385. The Labute approximate surface area is 125 Å². The van der Waals surface area contributed by atoms with Gasteiger partial charge in [-0.2, -0.15) is 0 Å². The lowest BCUT2D eigenvalue weighted by Gasteiger charge is -2.19. The van der Waals surface area contributed by atoms with Crippen LogP contribution in [0.5, 0.6) is 0 Å². The molecular weight excluding hydrogens is 328 g/mol. The van der Waals surface area contributed by atoms with Crippen molar-refractivity contribution in [2.75, 3.05) is 7.11 Å². The van der Waals surface area contributed by atoms with E-state index < -0.39 is 11.0 Å².